The van der Waals surface area contributed by atoms with Crippen molar-refractivity contribution in [3.8, 4) is 0 Å². The summed E-state index contributed by atoms with van der Waals surface area (Å²) in [5.74, 6) is -7.00. The number of hydrogen-bond donors (Lipinski definition) is 10. The third kappa shape index (κ3) is 16.8. The van der Waals surface area contributed by atoms with Crippen molar-refractivity contribution in [3.63, 3.8) is 0 Å². The average Bonchev–Trinajstić information content (AvgIpc) is 3.07. The fourth-order valence-electron chi connectivity index (χ4n) is 5.91. The first-order valence-electron chi connectivity index (χ1n) is 17.4. The second-order valence-electron chi connectivity index (χ2n) is 14.7. The van der Waals surface area contributed by atoms with Crippen molar-refractivity contribution in [2.45, 2.75) is 95.5 Å². The molecule has 2 aromatic carbocycles. The quantitative estimate of drug-likeness (QED) is 0.0706. The molecule has 0 radical (unpaired) electrons. The second kappa shape index (κ2) is 21.0. The molecule has 11 N–H and O–H groups in total. The number of nitrogens with one attached hydrogen (secondary N) is 5. The molecule has 54 heavy (non-hydrogen) atoms. The molecule has 16 nitrogen and oxygen atoms in total. The average molecular weight is 772 g/mol. The number of carbonyl (C=O) groups excluding carboxylic acids is 5. The summed E-state index contributed by atoms with van der Waals surface area (Å²) in [5.41, 5.74) is 12.7. The molecule has 296 valence electrons. The Bertz CT molecular complexity index is 1600. The summed E-state index contributed by atoms with van der Waals surface area (Å²) in [5, 5.41) is 30.9. The Morgan fingerprint density at radius 2 is 1.15 bits per heavy atom. The summed E-state index contributed by atoms with van der Waals surface area (Å²) >= 11 is 3.85. The van der Waals surface area contributed by atoms with Gasteiger partial charge in [-0.1, -0.05) is 74.5 Å². The molecular weight excluding hydrogens is 719 g/mol. The number of amides is 5. The van der Waals surface area contributed by atoms with E-state index in [1.807, 2.05) is 45.9 Å². The van der Waals surface area contributed by atoms with Gasteiger partial charge in [-0.15, -0.1) is 0 Å². The van der Waals surface area contributed by atoms with Gasteiger partial charge in [0.25, 0.3) is 0 Å². The van der Waals surface area contributed by atoms with Crippen LogP contribution in [0.2, 0.25) is 0 Å². The SMILES string of the molecule is CC(C)(N)CC(C)(C)CC(=O)NC(Cc1ccccc1)C(=O)NC(Cc1ccccc1)C(=O)NCC(N)C(=O)NC(CC(=O)O)C(=O)NC(CS)C(=O)O. The normalized spacial score (nSPS) is 14.3. The Labute approximate surface area is 320 Å². The van der Waals surface area contributed by atoms with E-state index in [0.717, 1.165) is 5.56 Å². The van der Waals surface area contributed by atoms with Crippen molar-refractivity contribution in [1.82, 2.24) is 26.6 Å². The Balaban J connectivity index is 2.24. The zero-order valence-corrected chi connectivity index (χ0v) is 31.9. The topological polar surface area (TPSA) is 272 Å². The van der Waals surface area contributed by atoms with E-state index in [1.54, 1.807) is 42.5 Å². The molecule has 0 spiro atoms. The molecule has 0 aliphatic rings. The lowest BCUT2D eigenvalue weighted by Gasteiger charge is -2.32. The number of carboxylic acid groups (broad SMARTS) is 2. The lowest BCUT2D eigenvalue weighted by atomic mass is 9.78. The maximum Gasteiger partial charge on any atom is 0.327 e. The monoisotopic (exact) mass is 771 g/mol. The van der Waals surface area contributed by atoms with Crippen LogP contribution in [0.25, 0.3) is 0 Å². The molecule has 0 saturated carbocycles. The first kappa shape index (κ1) is 45.2. The first-order valence-corrected chi connectivity index (χ1v) is 18.0. The van der Waals surface area contributed by atoms with Gasteiger partial charge in [0.05, 0.1) is 6.42 Å². The third-order valence-electron chi connectivity index (χ3n) is 8.07. The summed E-state index contributed by atoms with van der Waals surface area (Å²) in [6.45, 7) is 7.08. The van der Waals surface area contributed by atoms with Crippen LogP contribution in [-0.2, 0) is 46.4 Å². The fourth-order valence-corrected chi connectivity index (χ4v) is 6.16. The molecule has 0 aliphatic heterocycles. The predicted octanol–water partition coefficient (Wildman–Crippen LogP) is -0.113. The van der Waals surface area contributed by atoms with E-state index in [2.05, 4.69) is 39.2 Å². The number of thiol groups is 1. The molecular formula is C37H53N7O9S. The highest BCUT2D eigenvalue weighted by molar-refractivity contribution is 7.80. The molecule has 5 atom stereocenters. The van der Waals surface area contributed by atoms with E-state index < -0.39 is 89.7 Å². The van der Waals surface area contributed by atoms with E-state index >= 15 is 0 Å². The number of aliphatic carboxylic acids is 2. The van der Waals surface area contributed by atoms with Crippen LogP contribution in [0.1, 0.15) is 58.1 Å². The van der Waals surface area contributed by atoms with Crippen LogP contribution >= 0.6 is 12.6 Å². The molecule has 0 saturated heterocycles. The van der Waals surface area contributed by atoms with Crippen LogP contribution < -0.4 is 38.1 Å². The highest BCUT2D eigenvalue weighted by Crippen LogP contribution is 2.30. The van der Waals surface area contributed by atoms with E-state index in [4.69, 9.17) is 11.5 Å². The van der Waals surface area contributed by atoms with Crippen molar-refractivity contribution < 1.29 is 43.8 Å². The standard InChI is InChI=1S/C37H53N7O9S/c1-36(2,21-37(3,4)39)18-29(45)41-26(16-23-13-9-6-10-14-23)33(50)43-25(15-22-11-7-5-8-12-22)32(49)40-19-24(38)31(48)42-27(17-30(46)47)34(51)44-28(20-54)35(52)53/h5-14,24-28,54H,15-21,38-39H2,1-4H3,(H,40,49)(H,41,45)(H,42,48)(H,43,50)(H,44,51)(H,46,47)(H,52,53). The molecule has 0 aliphatic carbocycles. The summed E-state index contributed by atoms with van der Waals surface area (Å²) in [4.78, 5) is 89.1. The van der Waals surface area contributed by atoms with E-state index in [0.29, 0.717) is 12.0 Å². The van der Waals surface area contributed by atoms with Crippen LogP contribution in [0.4, 0.5) is 0 Å². The summed E-state index contributed by atoms with van der Waals surface area (Å²) in [6, 6.07) is 11.0. The summed E-state index contributed by atoms with van der Waals surface area (Å²) in [7, 11) is 0. The second-order valence-corrected chi connectivity index (χ2v) is 15.0. The number of rotatable bonds is 22. The highest BCUT2D eigenvalue weighted by Gasteiger charge is 2.33. The van der Waals surface area contributed by atoms with Gasteiger partial charge in [0.1, 0.15) is 30.2 Å². The van der Waals surface area contributed by atoms with E-state index in [1.165, 1.54) is 0 Å². The van der Waals surface area contributed by atoms with Gasteiger partial charge in [-0.3, -0.25) is 28.8 Å². The van der Waals surface area contributed by atoms with Crippen molar-refractivity contribution in [2.75, 3.05) is 12.3 Å². The van der Waals surface area contributed by atoms with Gasteiger partial charge in [-0.05, 0) is 36.8 Å². The van der Waals surface area contributed by atoms with Crippen molar-refractivity contribution in [3.05, 3.63) is 71.8 Å². The number of hydrogen-bond acceptors (Lipinski definition) is 10. The van der Waals surface area contributed by atoms with Crippen LogP contribution in [-0.4, -0.2) is 99.7 Å². The number of benzene rings is 2. The van der Waals surface area contributed by atoms with Crippen LogP contribution in [0.15, 0.2) is 60.7 Å². The molecule has 0 aromatic heterocycles. The zero-order valence-electron chi connectivity index (χ0n) is 31.0. The molecule has 2 rings (SSSR count). The Kier molecular flexibility index (Phi) is 17.6. The maximum atomic E-state index is 13.9. The smallest absolute Gasteiger partial charge is 0.327 e. The first-order chi connectivity index (χ1) is 25.2. The Morgan fingerprint density at radius 1 is 0.685 bits per heavy atom. The van der Waals surface area contributed by atoms with Gasteiger partial charge in [0.2, 0.25) is 29.5 Å². The van der Waals surface area contributed by atoms with Gasteiger partial charge < -0.3 is 48.3 Å². The lowest BCUT2D eigenvalue weighted by molar-refractivity contribution is -0.143. The third-order valence-corrected chi connectivity index (χ3v) is 8.43. The molecule has 0 heterocycles. The van der Waals surface area contributed by atoms with Gasteiger partial charge >= 0.3 is 11.9 Å². The van der Waals surface area contributed by atoms with Crippen molar-refractivity contribution >= 4 is 54.1 Å². The minimum Gasteiger partial charge on any atom is -0.481 e. The molecule has 0 fully saturated rings. The van der Waals surface area contributed by atoms with E-state index in [9.17, 15) is 43.8 Å². The fraction of sp³-hybridized carbons (Fsp3) is 0.486. The lowest BCUT2D eigenvalue weighted by Crippen LogP contribution is -2.58. The number of carbonyl (C=O) groups is 7. The van der Waals surface area contributed by atoms with Crippen LogP contribution in [0, 0.1) is 5.41 Å². The largest absolute Gasteiger partial charge is 0.481 e. The molecule has 2 aromatic rings. The minimum absolute atomic E-state index is 0.0290. The van der Waals surface area contributed by atoms with Crippen molar-refractivity contribution in [2.24, 2.45) is 16.9 Å². The molecule has 17 heteroatoms. The van der Waals surface area contributed by atoms with Gasteiger partial charge in [-0.25, -0.2) is 4.79 Å². The van der Waals surface area contributed by atoms with Gasteiger partial charge in [-0.2, -0.15) is 12.6 Å². The summed E-state index contributed by atoms with van der Waals surface area (Å²) < 4.78 is 0. The molecule has 5 amide bonds. The number of carboxylic acids is 2. The summed E-state index contributed by atoms with van der Waals surface area (Å²) in [6.07, 6.45) is -0.106. The zero-order chi connectivity index (χ0) is 40.6. The molecule has 0 bridgehead atoms. The van der Waals surface area contributed by atoms with Gasteiger partial charge in [0.15, 0.2) is 0 Å². The van der Waals surface area contributed by atoms with Crippen LogP contribution in [0.5, 0.6) is 0 Å². The Hall–Kier alpha value is -5.00. The molecule has 5 unspecified atom stereocenters. The van der Waals surface area contributed by atoms with Gasteiger partial charge in [0, 0.05) is 37.1 Å². The predicted molar refractivity (Wildman–Crippen MR) is 204 cm³/mol. The van der Waals surface area contributed by atoms with E-state index in [-0.39, 0.29) is 30.9 Å². The highest BCUT2D eigenvalue weighted by atomic mass is 32.1. The minimum atomic E-state index is -1.69. The number of nitrogens with two attached hydrogens (primary N) is 2. The maximum absolute atomic E-state index is 13.9. The van der Waals surface area contributed by atoms with Crippen LogP contribution in [0.3, 0.4) is 0 Å². The van der Waals surface area contributed by atoms with Crippen molar-refractivity contribution in [1.29, 1.82) is 0 Å². The Morgan fingerprint density at radius 3 is 1.61 bits per heavy atom.